The van der Waals surface area contributed by atoms with Gasteiger partial charge in [0.1, 0.15) is 30.5 Å². The largest absolute Gasteiger partial charge is 0.394 e. The maximum Gasteiger partial charge on any atom is 0.249 e. The van der Waals surface area contributed by atoms with Gasteiger partial charge in [-0.3, -0.25) is 4.79 Å². The highest BCUT2D eigenvalue weighted by atomic mass is 16.7. The average Bonchev–Trinajstić information content (AvgIpc) is 3.23. The molecule has 0 aromatic carbocycles. The molecule has 0 aromatic heterocycles. The third-order valence-corrected chi connectivity index (χ3v) is 11.5. The molecule has 0 aliphatic carbocycles. The molecule has 0 bridgehead atoms. The van der Waals surface area contributed by atoms with Gasteiger partial charge in [-0.2, -0.15) is 0 Å². The van der Waals surface area contributed by atoms with Crippen molar-refractivity contribution in [3.05, 3.63) is 36.5 Å². The van der Waals surface area contributed by atoms with E-state index in [-0.39, 0.29) is 6.61 Å². The number of aliphatic hydroxyl groups is 6. The Bertz CT molecular complexity index is 1040. The summed E-state index contributed by atoms with van der Waals surface area (Å²) < 4.78 is 11.1. The highest BCUT2D eigenvalue weighted by Crippen LogP contribution is 2.23. The van der Waals surface area contributed by atoms with Crippen LogP contribution in [-0.4, -0.2) is 98.7 Å². The van der Waals surface area contributed by atoms with Gasteiger partial charge >= 0.3 is 0 Å². The zero-order chi connectivity index (χ0) is 43.2. The van der Waals surface area contributed by atoms with Crippen molar-refractivity contribution in [2.45, 2.75) is 255 Å². The van der Waals surface area contributed by atoms with Crippen molar-refractivity contribution in [3.8, 4) is 0 Å². The van der Waals surface area contributed by atoms with Crippen LogP contribution in [-0.2, 0) is 14.3 Å². The number of amides is 1. The molecule has 10 nitrogen and oxygen atoms in total. The van der Waals surface area contributed by atoms with Gasteiger partial charge in [-0.25, -0.2) is 0 Å². The maximum atomic E-state index is 13.0. The van der Waals surface area contributed by atoms with Crippen molar-refractivity contribution in [1.82, 2.24) is 5.32 Å². The zero-order valence-electron chi connectivity index (χ0n) is 37.6. The Morgan fingerprint density at radius 2 is 1.00 bits per heavy atom. The molecule has 1 rings (SSSR count). The van der Waals surface area contributed by atoms with Gasteiger partial charge in [-0.05, 0) is 57.8 Å². The fraction of sp³-hybridized carbons (Fsp3) is 0.857. The SMILES string of the molecule is CCCCCCC/C=C/CC/C=C/C(O)C(COC1OC(CO)C(O)C(O)C1O)NC(=O)C(O)CCCCCCCCC/C=C\CCCCCCCCCCCCCC. The number of unbranched alkanes of at least 4 members (excludes halogenated alkanes) is 25. The first kappa shape index (κ1) is 55.4. The molecule has 0 spiro atoms. The van der Waals surface area contributed by atoms with Crippen LogP contribution in [0.15, 0.2) is 36.5 Å². The minimum Gasteiger partial charge on any atom is -0.394 e. The monoisotopic (exact) mass is 838 g/mol. The average molecular weight is 838 g/mol. The predicted molar refractivity (Wildman–Crippen MR) is 241 cm³/mol. The van der Waals surface area contributed by atoms with Crippen LogP contribution in [0.1, 0.15) is 206 Å². The first-order valence-electron chi connectivity index (χ1n) is 24.3. The molecule has 1 saturated heterocycles. The van der Waals surface area contributed by atoms with E-state index >= 15 is 0 Å². The van der Waals surface area contributed by atoms with E-state index in [0.29, 0.717) is 19.3 Å². The van der Waals surface area contributed by atoms with Crippen molar-refractivity contribution in [2.75, 3.05) is 13.2 Å². The molecule has 59 heavy (non-hydrogen) atoms. The lowest BCUT2D eigenvalue weighted by atomic mass is 9.99. The van der Waals surface area contributed by atoms with Gasteiger partial charge in [-0.15, -0.1) is 0 Å². The number of carbonyl (C=O) groups excluding carboxylic acids is 1. The smallest absolute Gasteiger partial charge is 0.249 e. The minimum atomic E-state index is -1.62. The fourth-order valence-electron chi connectivity index (χ4n) is 7.53. The Morgan fingerprint density at radius 1 is 0.576 bits per heavy atom. The molecule has 0 radical (unpaired) electrons. The Labute approximate surface area is 360 Å². The minimum absolute atomic E-state index is 0.299. The third-order valence-electron chi connectivity index (χ3n) is 11.5. The van der Waals surface area contributed by atoms with Crippen LogP contribution in [0, 0.1) is 0 Å². The van der Waals surface area contributed by atoms with Crippen molar-refractivity contribution in [3.63, 3.8) is 0 Å². The zero-order valence-corrected chi connectivity index (χ0v) is 37.6. The highest BCUT2D eigenvalue weighted by Gasteiger charge is 2.44. The number of carbonyl (C=O) groups is 1. The number of allylic oxidation sites excluding steroid dienone is 5. The standard InChI is InChI=1S/C49H91NO9/c1-3-5-7-9-11-13-15-16-17-18-19-20-21-22-23-24-25-26-28-30-32-34-36-38-43(53)48(57)50-41(40-58-49-47(56)46(55)45(54)44(39-51)59-49)42(52)37-35-33-31-29-27-14-12-10-8-6-4-2/h22-23,27,29,35,37,41-47,49,51-56H,3-21,24-26,28,30-34,36,38-40H2,1-2H3,(H,50,57)/b23-22-,29-27+,37-35+. The van der Waals surface area contributed by atoms with E-state index in [1.807, 2.05) is 6.08 Å². The van der Waals surface area contributed by atoms with Crippen LogP contribution >= 0.6 is 0 Å². The van der Waals surface area contributed by atoms with Gasteiger partial charge in [0, 0.05) is 0 Å². The van der Waals surface area contributed by atoms with E-state index in [2.05, 4.69) is 43.5 Å². The molecule has 1 amide bonds. The molecule has 8 unspecified atom stereocenters. The molecule has 1 aliphatic rings. The molecule has 0 aromatic rings. The van der Waals surface area contributed by atoms with Crippen LogP contribution < -0.4 is 5.32 Å². The van der Waals surface area contributed by atoms with Crippen molar-refractivity contribution < 1.29 is 44.9 Å². The molecule has 10 heteroatoms. The normalized spacial score (nSPS) is 21.5. The molecule has 7 N–H and O–H groups in total. The second-order valence-electron chi connectivity index (χ2n) is 17.0. The molecular formula is C49H91NO9. The van der Waals surface area contributed by atoms with E-state index in [1.54, 1.807) is 6.08 Å². The number of ether oxygens (including phenoxy) is 2. The van der Waals surface area contributed by atoms with E-state index in [9.17, 15) is 35.4 Å². The van der Waals surface area contributed by atoms with Crippen molar-refractivity contribution in [1.29, 1.82) is 0 Å². The summed E-state index contributed by atoms with van der Waals surface area (Å²) in [4.78, 5) is 13.0. The quantitative estimate of drug-likeness (QED) is 0.0235. The van der Waals surface area contributed by atoms with Crippen LogP contribution in [0.5, 0.6) is 0 Å². The van der Waals surface area contributed by atoms with E-state index in [1.165, 1.54) is 135 Å². The second-order valence-corrected chi connectivity index (χ2v) is 17.0. The van der Waals surface area contributed by atoms with Gasteiger partial charge in [0.05, 0.1) is 25.4 Å². The lowest BCUT2D eigenvalue weighted by Gasteiger charge is -2.40. The summed E-state index contributed by atoms with van der Waals surface area (Å²) in [6, 6.07) is -0.997. The van der Waals surface area contributed by atoms with Crippen LogP contribution in [0.4, 0.5) is 0 Å². The van der Waals surface area contributed by atoms with E-state index in [4.69, 9.17) is 9.47 Å². The summed E-state index contributed by atoms with van der Waals surface area (Å²) in [5, 5.41) is 64.6. The van der Waals surface area contributed by atoms with Gasteiger partial charge in [0.2, 0.25) is 5.91 Å². The molecule has 1 heterocycles. The van der Waals surface area contributed by atoms with Crippen LogP contribution in [0.2, 0.25) is 0 Å². The first-order chi connectivity index (χ1) is 28.8. The van der Waals surface area contributed by atoms with E-state index in [0.717, 1.165) is 38.5 Å². The lowest BCUT2D eigenvalue weighted by molar-refractivity contribution is -0.302. The van der Waals surface area contributed by atoms with Crippen molar-refractivity contribution in [2.24, 2.45) is 0 Å². The first-order valence-corrected chi connectivity index (χ1v) is 24.3. The molecule has 1 fully saturated rings. The molecular weight excluding hydrogens is 747 g/mol. The number of hydrogen-bond acceptors (Lipinski definition) is 9. The Morgan fingerprint density at radius 3 is 1.47 bits per heavy atom. The van der Waals surface area contributed by atoms with Gasteiger partial charge in [0.15, 0.2) is 6.29 Å². The summed E-state index contributed by atoms with van der Waals surface area (Å²) in [5.74, 6) is -0.631. The third kappa shape index (κ3) is 29.3. The molecule has 1 aliphatic heterocycles. The summed E-state index contributed by atoms with van der Waals surface area (Å²) in [6.07, 6.45) is 38.2. The summed E-state index contributed by atoms with van der Waals surface area (Å²) in [7, 11) is 0. The number of hydrogen-bond donors (Lipinski definition) is 7. The Balaban J connectivity index is 2.32. The van der Waals surface area contributed by atoms with Crippen LogP contribution in [0.3, 0.4) is 0 Å². The second kappa shape index (κ2) is 39.2. The Hall–Kier alpha value is -1.63. The molecule has 8 atom stereocenters. The summed E-state index contributed by atoms with van der Waals surface area (Å²) in [5.41, 5.74) is 0. The topological polar surface area (TPSA) is 169 Å². The summed E-state index contributed by atoms with van der Waals surface area (Å²) >= 11 is 0. The lowest BCUT2D eigenvalue weighted by Crippen LogP contribution is -2.60. The van der Waals surface area contributed by atoms with Gasteiger partial charge in [-0.1, -0.05) is 185 Å². The fourth-order valence-corrected chi connectivity index (χ4v) is 7.53. The summed E-state index contributed by atoms with van der Waals surface area (Å²) in [6.45, 7) is 3.56. The number of aliphatic hydroxyl groups excluding tert-OH is 6. The maximum absolute atomic E-state index is 13.0. The number of nitrogens with one attached hydrogen (secondary N) is 1. The van der Waals surface area contributed by atoms with Gasteiger partial charge < -0.3 is 45.4 Å². The number of rotatable bonds is 40. The van der Waals surface area contributed by atoms with Crippen molar-refractivity contribution >= 4 is 5.91 Å². The van der Waals surface area contributed by atoms with Crippen LogP contribution in [0.25, 0.3) is 0 Å². The molecule has 0 saturated carbocycles. The predicted octanol–water partition coefficient (Wildman–Crippen LogP) is 9.42. The van der Waals surface area contributed by atoms with Gasteiger partial charge in [0.25, 0.3) is 0 Å². The van der Waals surface area contributed by atoms with E-state index < -0.39 is 61.5 Å². The Kier molecular flexibility index (Phi) is 36.8. The molecule has 346 valence electrons. The highest BCUT2D eigenvalue weighted by molar-refractivity contribution is 5.80.